The van der Waals surface area contributed by atoms with Crippen LogP contribution < -0.4 is 15.6 Å². The fourth-order valence-corrected chi connectivity index (χ4v) is 5.59. The number of hydrogen-bond acceptors (Lipinski definition) is 6. The smallest absolute Gasteiger partial charge is 0.250 e. The predicted octanol–water partition coefficient (Wildman–Crippen LogP) is 4.19. The molecule has 178 valence electrons. The number of aryl methyl sites for hydroxylation is 1. The number of halogens is 1. The highest BCUT2D eigenvalue weighted by atomic mass is 19.1. The zero-order valence-corrected chi connectivity index (χ0v) is 19.6. The number of nitrogens with one attached hydrogen (secondary N) is 1. The van der Waals surface area contributed by atoms with Crippen LogP contribution in [0.15, 0.2) is 47.4 Å². The van der Waals surface area contributed by atoms with Gasteiger partial charge < -0.3 is 19.7 Å². The van der Waals surface area contributed by atoms with Crippen molar-refractivity contribution in [3.8, 4) is 34.0 Å². The highest BCUT2D eigenvalue weighted by Crippen LogP contribution is 2.41. The second-order valence-electron chi connectivity index (χ2n) is 10.2. The minimum absolute atomic E-state index is 0.0420. The summed E-state index contributed by atoms with van der Waals surface area (Å²) in [6, 6.07) is 8.85. The summed E-state index contributed by atoms with van der Waals surface area (Å²) in [5.74, 6) is -0.296. The van der Waals surface area contributed by atoms with Crippen molar-refractivity contribution >= 4 is 0 Å². The molecule has 3 atom stereocenters. The van der Waals surface area contributed by atoms with Crippen LogP contribution in [-0.4, -0.2) is 37.1 Å². The number of benzene rings is 1. The Hall–Kier alpha value is -3.26. The molecular weight excluding hydrogens is 435 g/mol. The summed E-state index contributed by atoms with van der Waals surface area (Å²) in [5, 5.41) is 22.7. The first-order valence-corrected chi connectivity index (χ1v) is 11.6. The highest BCUT2D eigenvalue weighted by Gasteiger charge is 2.46. The molecule has 2 bridgehead atoms. The lowest BCUT2D eigenvalue weighted by atomic mass is 9.70. The Morgan fingerprint density at radius 1 is 1.09 bits per heavy atom. The molecule has 7 nitrogen and oxygen atoms in total. The van der Waals surface area contributed by atoms with Crippen LogP contribution in [-0.2, 0) is 7.05 Å². The minimum Gasteiger partial charge on any atom is -0.507 e. The van der Waals surface area contributed by atoms with Crippen molar-refractivity contribution in [2.24, 2.45) is 7.05 Å². The van der Waals surface area contributed by atoms with Gasteiger partial charge in [0, 0.05) is 60.4 Å². The number of ether oxygens (including phenoxy) is 1. The molecule has 0 radical (unpaired) electrons. The number of phenols is 1. The topological polar surface area (TPSA) is 89.3 Å². The Morgan fingerprint density at radius 2 is 1.82 bits per heavy atom. The highest BCUT2D eigenvalue weighted by molar-refractivity contribution is 5.74. The van der Waals surface area contributed by atoms with E-state index >= 15 is 0 Å². The number of fused-ring (bicyclic) bond motifs is 2. The number of phenolic OH excluding ortho intramolecular Hbond substituents is 1. The molecule has 4 heterocycles. The quantitative estimate of drug-likeness (QED) is 0.602. The van der Waals surface area contributed by atoms with E-state index < -0.39 is 5.82 Å². The number of nitrogens with zero attached hydrogens (tertiary/aromatic N) is 3. The number of piperidine rings is 2. The van der Waals surface area contributed by atoms with Gasteiger partial charge in [0.15, 0.2) is 0 Å². The molecule has 0 spiro atoms. The second kappa shape index (κ2) is 8.20. The average Bonchev–Trinajstić information content (AvgIpc) is 2.76. The van der Waals surface area contributed by atoms with Crippen molar-refractivity contribution in [2.45, 2.75) is 63.1 Å². The van der Waals surface area contributed by atoms with Gasteiger partial charge in [0.1, 0.15) is 17.7 Å². The van der Waals surface area contributed by atoms with E-state index in [9.17, 15) is 14.3 Å². The molecule has 0 saturated carbocycles. The van der Waals surface area contributed by atoms with Crippen molar-refractivity contribution in [3.63, 3.8) is 0 Å². The van der Waals surface area contributed by atoms with Crippen LogP contribution in [0.5, 0.6) is 11.6 Å². The van der Waals surface area contributed by atoms with Crippen LogP contribution in [0.1, 0.15) is 46.0 Å². The van der Waals surface area contributed by atoms with Crippen LogP contribution in [0.25, 0.3) is 22.4 Å². The van der Waals surface area contributed by atoms with Crippen LogP contribution in [0, 0.1) is 5.82 Å². The van der Waals surface area contributed by atoms with E-state index in [1.807, 2.05) is 0 Å². The summed E-state index contributed by atoms with van der Waals surface area (Å²) >= 11 is 0. The maximum absolute atomic E-state index is 14.9. The molecule has 2 aromatic heterocycles. The summed E-state index contributed by atoms with van der Waals surface area (Å²) in [6.45, 7) is 4.51. The van der Waals surface area contributed by atoms with E-state index in [0.29, 0.717) is 17.1 Å². The summed E-state index contributed by atoms with van der Waals surface area (Å²) in [7, 11) is 1.62. The lowest BCUT2D eigenvalue weighted by molar-refractivity contribution is 0.00726. The summed E-state index contributed by atoms with van der Waals surface area (Å²) in [6.07, 6.45) is 6.89. The number of pyridine rings is 1. The van der Waals surface area contributed by atoms with Crippen molar-refractivity contribution in [1.29, 1.82) is 0 Å². The van der Waals surface area contributed by atoms with Gasteiger partial charge in [-0.05, 0) is 62.9 Å². The zero-order chi connectivity index (χ0) is 24.1. The molecule has 0 amide bonds. The maximum Gasteiger partial charge on any atom is 0.250 e. The van der Waals surface area contributed by atoms with Crippen molar-refractivity contribution in [3.05, 3.63) is 58.8 Å². The lowest BCUT2D eigenvalue weighted by Gasteiger charge is -2.53. The first-order valence-electron chi connectivity index (χ1n) is 11.6. The number of hydrogen-bond donors (Lipinski definition) is 2. The normalized spacial score (nSPS) is 26.3. The molecule has 1 aromatic carbocycles. The largest absolute Gasteiger partial charge is 0.507 e. The molecule has 2 saturated heterocycles. The molecule has 2 aliphatic heterocycles. The fourth-order valence-electron chi connectivity index (χ4n) is 5.59. The standard InChI is InChI=1S/C26H29FN4O3/c1-25-8-4-9-26(2,30-25)15-17(14-25)34-23-6-5-21(28-29-23)19-12-20(27)18(13-22(19)32)16-7-10-31(3)24(33)11-16/h5-7,10-13,17,30,32H,4,8-9,14-15H2,1-3H3/t17?,25-,26+. The van der Waals surface area contributed by atoms with E-state index in [1.165, 1.54) is 29.2 Å². The van der Waals surface area contributed by atoms with Gasteiger partial charge in [-0.2, -0.15) is 0 Å². The molecular formula is C26H29FN4O3. The van der Waals surface area contributed by atoms with E-state index in [-0.39, 0.29) is 39.6 Å². The van der Waals surface area contributed by atoms with Crippen molar-refractivity contribution < 1.29 is 14.2 Å². The van der Waals surface area contributed by atoms with Crippen LogP contribution in [0.3, 0.4) is 0 Å². The monoisotopic (exact) mass is 464 g/mol. The Kier molecular flexibility index (Phi) is 5.43. The van der Waals surface area contributed by atoms with Crippen molar-refractivity contribution in [2.75, 3.05) is 0 Å². The fraction of sp³-hybridized carbons (Fsp3) is 0.423. The molecule has 0 aliphatic carbocycles. The number of aromatic nitrogens is 3. The first kappa shape index (κ1) is 22.5. The first-order chi connectivity index (χ1) is 16.1. The zero-order valence-electron chi connectivity index (χ0n) is 19.6. The van der Waals surface area contributed by atoms with Gasteiger partial charge in [-0.3, -0.25) is 4.79 Å². The lowest BCUT2D eigenvalue weighted by Crippen LogP contribution is -2.65. The Balaban J connectivity index is 1.36. The van der Waals surface area contributed by atoms with E-state index in [0.717, 1.165) is 25.7 Å². The molecule has 2 aliphatic rings. The summed E-state index contributed by atoms with van der Waals surface area (Å²) in [4.78, 5) is 11.9. The van der Waals surface area contributed by atoms with Crippen LogP contribution >= 0.6 is 0 Å². The van der Waals surface area contributed by atoms with Gasteiger partial charge >= 0.3 is 0 Å². The van der Waals surface area contributed by atoms with Gasteiger partial charge in [0.05, 0.1) is 5.69 Å². The molecule has 1 unspecified atom stereocenters. The SMILES string of the molecule is Cn1ccc(-c2cc(O)c(-c3ccc(OC4C[C@]5(C)CCC[C@](C)(C4)N5)nn3)cc2F)cc1=O. The van der Waals surface area contributed by atoms with Gasteiger partial charge in [0.2, 0.25) is 5.88 Å². The van der Waals surface area contributed by atoms with E-state index in [2.05, 4.69) is 29.4 Å². The van der Waals surface area contributed by atoms with Gasteiger partial charge in [-0.15, -0.1) is 10.2 Å². The third-order valence-electron chi connectivity index (χ3n) is 7.12. The Morgan fingerprint density at radius 3 is 2.47 bits per heavy atom. The minimum atomic E-state index is -0.564. The average molecular weight is 465 g/mol. The van der Waals surface area contributed by atoms with E-state index in [1.54, 1.807) is 31.4 Å². The molecule has 2 fully saturated rings. The van der Waals surface area contributed by atoms with Crippen molar-refractivity contribution in [1.82, 2.24) is 20.1 Å². The summed E-state index contributed by atoms with van der Waals surface area (Å²) < 4.78 is 22.5. The van der Waals surface area contributed by atoms with E-state index in [4.69, 9.17) is 4.74 Å². The predicted molar refractivity (Wildman–Crippen MR) is 127 cm³/mol. The third kappa shape index (κ3) is 4.30. The molecule has 5 rings (SSSR count). The summed E-state index contributed by atoms with van der Waals surface area (Å²) in [5.41, 5.74) is 0.967. The number of aromatic hydroxyl groups is 1. The van der Waals surface area contributed by atoms with Gasteiger partial charge in [0.25, 0.3) is 5.56 Å². The van der Waals surface area contributed by atoms with Crippen LogP contribution in [0.4, 0.5) is 4.39 Å². The Bertz CT molecular complexity index is 1270. The molecule has 34 heavy (non-hydrogen) atoms. The Labute approximate surface area is 197 Å². The van der Waals surface area contributed by atoms with Gasteiger partial charge in [-0.25, -0.2) is 4.39 Å². The molecule has 2 N–H and O–H groups in total. The number of rotatable bonds is 4. The third-order valence-corrected chi connectivity index (χ3v) is 7.12. The molecule has 3 aromatic rings. The second-order valence-corrected chi connectivity index (χ2v) is 10.2. The van der Waals surface area contributed by atoms with Crippen LogP contribution in [0.2, 0.25) is 0 Å². The van der Waals surface area contributed by atoms with Gasteiger partial charge in [-0.1, -0.05) is 0 Å². The molecule has 8 heteroatoms. The maximum atomic E-state index is 14.9.